The summed E-state index contributed by atoms with van der Waals surface area (Å²) >= 11 is 0. The number of halogens is 1. The summed E-state index contributed by atoms with van der Waals surface area (Å²) in [7, 11) is 0. The molecule has 0 saturated carbocycles. The van der Waals surface area contributed by atoms with Gasteiger partial charge in [0.15, 0.2) is 0 Å². The molecular formula is C9H10FN3O2. The van der Waals surface area contributed by atoms with Gasteiger partial charge in [0.25, 0.3) is 11.8 Å². The SMILES string of the molecule is NCC(=O)NNC(=O)c1cccc(F)c1. The molecule has 5 nitrogen and oxygen atoms in total. The Labute approximate surface area is 85.4 Å². The van der Waals surface area contributed by atoms with Crippen molar-refractivity contribution >= 4 is 11.8 Å². The first-order valence-corrected chi connectivity index (χ1v) is 4.18. The third-order valence-electron chi connectivity index (χ3n) is 1.59. The number of carbonyl (C=O) groups excluding carboxylic acids is 2. The molecule has 1 aromatic rings. The van der Waals surface area contributed by atoms with Crippen LogP contribution >= 0.6 is 0 Å². The summed E-state index contributed by atoms with van der Waals surface area (Å²) in [4.78, 5) is 22.0. The summed E-state index contributed by atoms with van der Waals surface area (Å²) in [6.07, 6.45) is 0. The van der Waals surface area contributed by atoms with Crippen LogP contribution in [0.1, 0.15) is 10.4 Å². The number of carbonyl (C=O) groups is 2. The number of hydrogen-bond donors (Lipinski definition) is 3. The fourth-order valence-corrected chi connectivity index (χ4v) is 0.879. The molecule has 1 rings (SSSR count). The van der Waals surface area contributed by atoms with Crippen LogP contribution in [0.25, 0.3) is 0 Å². The third-order valence-corrected chi connectivity index (χ3v) is 1.59. The zero-order chi connectivity index (χ0) is 11.3. The van der Waals surface area contributed by atoms with Crippen LogP contribution in [-0.2, 0) is 4.79 Å². The molecule has 0 bridgehead atoms. The summed E-state index contributed by atoms with van der Waals surface area (Å²) in [5.74, 6) is -1.65. The molecule has 0 spiro atoms. The lowest BCUT2D eigenvalue weighted by atomic mass is 10.2. The van der Waals surface area contributed by atoms with Gasteiger partial charge in [-0.05, 0) is 18.2 Å². The summed E-state index contributed by atoms with van der Waals surface area (Å²) in [5, 5.41) is 0. The zero-order valence-electron chi connectivity index (χ0n) is 7.79. The fourth-order valence-electron chi connectivity index (χ4n) is 0.879. The van der Waals surface area contributed by atoms with Crippen molar-refractivity contribution in [2.75, 3.05) is 6.54 Å². The monoisotopic (exact) mass is 211 g/mol. The first-order valence-electron chi connectivity index (χ1n) is 4.18. The Kier molecular flexibility index (Phi) is 3.75. The second-order valence-corrected chi connectivity index (χ2v) is 2.72. The molecule has 15 heavy (non-hydrogen) atoms. The second kappa shape index (κ2) is 5.06. The molecule has 0 atom stereocenters. The predicted molar refractivity (Wildman–Crippen MR) is 51.1 cm³/mol. The van der Waals surface area contributed by atoms with Gasteiger partial charge in [-0.25, -0.2) is 4.39 Å². The van der Waals surface area contributed by atoms with Gasteiger partial charge in [0.05, 0.1) is 6.54 Å². The van der Waals surface area contributed by atoms with E-state index in [-0.39, 0.29) is 12.1 Å². The maximum absolute atomic E-state index is 12.7. The minimum atomic E-state index is -0.601. The molecule has 0 unspecified atom stereocenters. The van der Waals surface area contributed by atoms with Gasteiger partial charge in [0, 0.05) is 5.56 Å². The largest absolute Gasteiger partial charge is 0.322 e. The molecule has 0 radical (unpaired) electrons. The molecule has 1 aromatic carbocycles. The molecule has 2 amide bonds. The van der Waals surface area contributed by atoms with Crippen molar-refractivity contribution in [1.29, 1.82) is 0 Å². The molecule has 0 aliphatic heterocycles. The van der Waals surface area contributed by atoms with Crippen LogP contribution in [-0.4, -0.2) is 18.4 Å². The number of nitrogens with one attached hydrogen (secondary N) is 2. The molecule has 80 valence electrons. The fraction of sp³-hybridized carbons (Fsp3) is 0.111. The predicted octanol–water partition coefficient (Wildman–Crippen LogP) is -0.455. The van der Waals surface area contributed by atoms with Gasteiger partial charge in [0.1, 0.15) is 5.82 Å². The topological polar surface area (TPSA) is 84.2 Å². The van der Waals surface area contributed by atoms with Crippen LogP contribution < -0.4 is 16.6 Å². The normalized spacial score (nSPS) is 9.47. The van der Waals surface area contributed by atoms with Crippen molar-refractivity contribution in [2.24, 2.45) is 5.73 Å². The van der Waals surface area contributed by atoms with Crippen LogP contribution in [0.2, 0.25) is 0 Å². The van der Waals surface area contributed by atoms with E-state index in [1.165, 1.54) is 18.2 Å². The van der Waals surface area contributed by atoms with E-state index in [2.05, 4.69) is 10.9 Å². The molecule has 0 saturated heterocycles. The van der Waals surface area contributed by atoms with E-state index in [0.717, 1.165) is 6.07 Å². The molecule has 6 heteroatoms. The Morgan fingerprint density at radius 2 is 2.07 bits per heavy atom. The maximum Gasteiger partial charge on any atom is 0.269 e. The number of rotatable bonds is 2. The Balaban J connectivity index is 2.58. The van der Waals surface area contributed by atoms with Crippen molar-refractivity contribution in [2.45, 2.75) is 0 Å². The Morgan fingerprint density at radius 1 is 1.33 bits per heavy atom. The van der Waals surface area contributed by atoms with E-state index in [4.69, 9.17) is 5.73 Å². The van der Waals surface area contributed by atoms with Gasteiger partial charge in [-0.1, -0.05) is 6.07 Å². The van der Waals surface area contributed by atoms with Crippen molar-refractivity contribution in [3.05, 3.63) is 35.6 Å². The molecular weight excluding hydrogens is 201 g/mol. The van der Waals surface area contributed by atoms with Crippen molar-refractivity contribution in [3.63, 3.8) is 0 Å². The van der Waals surface area contributed by atoms with Crippen LogP contribution in [0.4, 0.5) is 4.39 Å². The molecule has 0 aliphatic carbocycles. The average Bonchev–Trinajstić information content (AvgIpc) is 2.25. The third kappa shape index (κ3) is 3.35. The number of amides is 2. The Bertz CT molecular complexity index is 381. The number of hydrogen-bond acceptors (Lipinski definition) is 3. The van der Waals surface area contributed by atoms with E-state index < -0.39 is 17.6 Å². The Morgan fingerprint density at radius 3 is 2.67 bits per heavy atom. The summed E-state index contributed by atoms with van der Waals surface area (Å²) in [6, 6.07) is 5.10. The lowest BCUT2D eigenvalue weighted by Crippen LogP contribution is -2.44. The van der Waals surface area contributed by atoms with Gasteiger partial charge >= 0.3 is 0 Å². The van der Waals surface area contributed by atoms with E-state index in [1.54, 1.807) is 0 Å². The van der Waals surface area contributed by atoms with Crippen LogP contribution in [0.3, 0.4) is 0 Å². The minimum Gasteiger partial charge on any atom is -0.322 e. The lowest BCUT2D eigenvalue weighted by molar-refractivity contribution is -0.120. The number of hydrazine groups is 1. The highest BCUT2D eigenvalue weighted by atomic mass is 19.1. The van der Waals surface area contributed by atoms with E-state index in [1.807, 2.05) is 0 Å². The summed E-state index contributed by atoms with van der Waals surface area (Å²) < 4.78 is 12.7. The highest BCUT2D eigenvalue weighted by Gasteiger charge is 2.06. The Hall–Kier alpha value is -1.95. The standard InChI is InChI=1S/C9H10FN3O2/c10-7-3-1-2-6(4-7)9(15)13-12-8(14)5-11/h1-4H,5,11H2,(H,12,14)(H,13,15). The van der Waals surface area contributed by atoms with E-state index >= 15 is 0 Å². The first kappa shape index (κ1) is 11.1. The average molecular weight is 211 g/mol. The van der Waals surface area contributed by atoms with E-state index in [0.29, 0.717) is 0 Å². The van der Waals surface area contributed by atoms with Gasteiger partial charge in [-0.15, -0.1) is 0 Å². The molecule has 0 aromatic heterocycles. The minimum absolute atomic E-state index is 0.118. The van der Waals surface area contributed by atoms with Crippen LogP contribution in [0, 0.1) is 5.82 Å². The highest BCUT2D eigenvalue weighted by molar-refractivity contribution is 5.95. The lowest BCUT2D eigenvalue weighted by Gasteiger charge is -2.05. The highest BCUT2D eigenvalue weighted by Crippen LogP contribution is 2.02. The summed E-state index contributed by atoms with van der Waals surface area (Å²) in [6.45, 7) is -0.233. The van der Waals surface area contributed by atoms with Gasteiger partial charge in [-0.2, -0.15) is 0 Å². The maximum atomic E-state index is 12.7. The van der Waals surface area contributed by atoms with Crippen molar-refractivity contribution in [1.82, 2.24) is 10.9 Å². The zero-order valence-corrected chi connectivity index (χ0v) is 7.79. The van der Waals surface area contributed by atoms with Gasteiger partial charge in [0.2, 0.25) is 0 Å². The summed E-state index contributed by atoms with van der Waals surface area (Å²) in [5.41, 5.74) is 9.27. The molecule has 4 N–H and O–H groups in total. The first-order chi connectivity index (χ1) is 7.13. The van der Waals surface area contributed by atoms with Gasteiger partial charge < -0.3 is 5.73 Å². The molecule has 0 fully saturated rings. The van der Waals surface area contributed by atoms with Crippen molar-refractivity contribution < 1.29 is 14.0 Å². The van der Waals surface area contributed by atoms with Crippen LogP contribution in [0.5, 0.6) is 0 Å². The second-order valence-electron chi connectivity index (χ2n) is 2.72. The molecule has 0 heterocycles. The number of nitrogens with two attached hydrogens (primary N) is 1. The van der Waals surface area contributed by atoms with Crippen molar-refractivity contribution in [3.8, 4) is 0 Å². The van der Waals surface area contributed by atoms with E-state index in [9.17, 15) is 14.0 Å². The smallest absolute Gasteiger partial charge is 0.269 e. The van der Waals surface area contributed by atoms with Gasteiger partial charge in [-0.3, -0.25) is 20.4 Å². The quantitative estimate of drug-likeness (QED) is 0.579. The number of benzene rings is 1. The molecule has 0 aliphatic rings. The van der Waals surface area contributed by atoms with Crippen LogP contribution in [0.15, 0.2) is 24.3 Å².